The highest BCUT2D eigenvalue weighted by molar-refractivity contribution is 5.41. The van der Waals surface area contributed by atoms with E-state index in [1.165, 1.54) is 12.8 Å². The maximum absolute atomic E-state index is 2.57. The van der Waals surface area contributed by atoms with Crippen LogP contribution in [0.4, 0.5) is 0 Å². The van der Waals surface area contributed by atoms with Crippen molar-refractivity contribution in [3.63, 3.8) is 0 Å². The number of benzene rings is 1. The summed E-state index contributed by atoms with van der Waals surface area (Å²) in [6.45, 7) is 0. The van der Waals surface area contributed by atoms with Crippen LogP contribution in [0.25, 0.3) is 0 Å². The maximum Gasteiger partial charge on any atom is -0.00935 e. The monoisotopic (exact) mass is 248 g/mol. The van der Waals surface area contributed by atoms with Crippen LogP contribution in [0.2, 0.25) is 0 Å². The molecule has 0 spiro atoms. The normalized spacial score (nSPS) is 54.5. The predicted molar refractivity (Wildman–Crippen MR) is 75.7 cm³/mol. The highest BCUT2D eigenvalue weighted by atomic mass is 14.7. The first-order valence-corrected chi connectivity index (χ1v) is 8.18. The van der Waals surface area contributed by atoms with Gasteiger partial charge in [-0.05, 0) is 77.7 Å². The van der Waals surface area contributed by atoms with E-state index in [0.29, 0.717) is 0 Å². The summed E-state index contributed by atoms with van der Waals surface area (Å²) < 4.78 is 0. The quantitative estimate of drug-likeness (QED) is 0.480. The fourth-order valence-electron chi connectivity index (χ4n) is 7.20. The van der Waals surface area contributed by atoms with Gasteiger partial charge in [0.05, 0.1) is 0 Å². The molecule has 19 heavy (non-hydrogen) atoms. The molecule has 1 aromatic carbocycles. The van der Waals surface area contributed by atoms with E-state index in [1.54, 1.807) is 17.5 Å². The van der Waals surface area contributed by atoms with Gasteiger partial charge in [-0.25, -0.2) is 0 Å². The van der Waals surface area contributed by atoms with Gasteiger partial charge in [0.25, 0.3) is 0 Å². The van der Waals surface area contributed by atoms with Gasteiger partial charge in [-0.3, -0.25) is 0 Å². The summed E-state index contributed by atoms with van der Waals surface area (Å²) in [5, 5.41) is 0. The highest BCUT2D eigenvalue weighted by Crippen LogP contribution is 2.72. The SMILES string of the molecule is C1=C[C@H]2C[C@@H]1C1C2[C@H]2C[C@@H]1C1Cc3ccccc3C12. The van der Waals surface area contributed by atoms with Crippen LogP contribution in [0, 0.1) is 41.4 Å². The van der Waals surface area contributed by atoms with Crippen LogP contribution in [0.3, 0.4) is 0 Å². The summed E-state index contributed by atoms with van der Waals surface area (Å²) in [6.07, 6.45) is 9.61. The first-order valence-electron chi connectivity index (χ1n) is 8.18. The topological polar surface area (TPSA) is 0 Å². The molecule has 0 heteroatoms. The third-order valence-electron chi connectivity index (χ3n) is 7.46. The van der Waals surface area contributed by atoms with Crippen molar-refractivity contribution in [1.29, 1.82) is 0 Å². The summed E-state index contributed by atoms with van der Waals surface area (Å²) in [7, 11) is 0. The number of rotatable bonds is 0. The smallest absolute Gasteiger partial charge is 0.00935 e. The third-order valence-corrected chi connectivity index (χ3v) is 7.46. The molecule has 3 saturated carbocycles. The Balaban J connectivity index is 1.50. The molecular weight excluding hydrogens is 228 g/mol. The molecule has 5 aliphatic rings. The average molecular weight is 248 g/mol. The molecule has 96 valence electrons. The van der Waals surface area contributed by atoms with Gasteiger partial charge in [-0.15, -0.1) is 0 Å². The lowest BCUT2D eigenvalue weighted by molar-refractivity contribution is 0.136. The van der Waals surface area contributed by atoms with E-state index < -0.39 is 0 Å². The van der Waals surface area contributed by atoms with Crippen molar-refractivity contribution in [3.8, 4) is 0 Å². The molecule has 6 rings (SSSR count). The summed E-state index contributed by atoms with van der Waals surface area (Å²) in [6, 6.07) is 9.35. The molecule has 1 aromatic rings. The van der Waals surface area contributed by atoms with E-state index in [1.807, 2.05) is 0 Å². The Morgan fingerprint density at radius 2 is 1.58 bits per heavy atom. The zero-order valence-corrected chi connectivity index (χ0v) is 11.2. The van der Waals surface area contributed by atoms with E-state index in [0.717, 1.165) is 47.3 Å². The van der Waals surface area contributed by atoms with Crippen LogP contribution in [0.1, 0.15) is 29.9 Å². The van der Waals surface area contributed by atoms with Crippen molar-refractivity contribution < 1.29 is 0 Å². The largest absolute Gasteiger partial charge is 0.0848 e. The molecule has 0 amide bonds. The van der Waals surface area contributed by atoms with Gasteiger partial charge >= 0.3 is 0 Å². The van der Waals surface area contributed by atoms with Gasteiger partial charge in [0, 0.05) is 0 Å². The molecule has 0 aromatic heterocycles. The van der Waals surface area contributed by atoms with E-state index in [4.69, 9.17) is 0 Å². The second kappa shape index (κ2) is 3.00. The molecule has 0 N–H and O–H groups in total. The minimum Gasteiger partial charge on any atom is -0.0848 e. The third kappa shape index (κ3) is 0.958. The lowest BCUT2D eigenvalue weighted by Gasteiger charge is -2.39. The molecule has 8 atom stereocenters. The Bertz CT molecular complexity index is 598. The Hall–Kier alpha value is -1.04. The van der Waals surface area contributed by atoms with E-state index in [2.05, 4.69) is 36.4 Å². The first kappa shape index (κ1) is 9.80. The fraction of sp³-hybridized carbons (Fsp3) is 0.579. The molecule has 0 nitrogen and oxygen atoms in total. The second-order valence-electron chi connectivity index (χ2n) is 7.76. The Morgan fingerprint density at radius 1 is 0.789 bits per heavy atom. The Labute approximate surface area is 114 Å². The van der Waals surface area contributed by atoms with Gasteiger partial charge in [-0.2, -0.15) is 0 Å². The molecule has 0 radical (unpaired) electrons. The Kier molecular flexibility index (Phi) is 1.55. The standard InChI is InChI=1S/C19H20/c1-2-4-13-10(3-1)8-14-15-9-16(19(13)14)18-12-6-5-11(7-12)17(15)18/h1-6,11-12,14-19H,7-9H2/t11-,12+,14?,15-,16-,17?,18?,19?/m1/s1. The van der Waals surface area contributed by atoms with Crippen molar-refractivity contribution >= 4 is 0 Å². The molecule has 3 fully saturated rings. The molecule has 4 unspecified atom stereocenters. The number of allylic oxidation sites excluding steroid dienone is 2. The number of hydrogen-bond donors (Lipinski definition) is 0. The van der Waals surface area contributed by atoms with Crippen molar-refractivity contribution in [1.82, 2.24) is 0 Å². The van der Waals surface area contributed by atoms with Gasteiger partial charge in [0.2, 0.25) is 0 Å². The maximum atomic E-state index is 2.57. The summed E-state index contributed by atoms with van der Waals surface area (Å²) >= 11 is 0. The van der Waals surface area contributed by atoms with Crippen LogP contribution in [0.15, 0.2) is 36.4 Å². The van der Waals surface area contributed by atoms with E-state index >= 15 is 0 Å². The molecule has 0 aliphatic heterocycles. The zero-order valence-electron chi connectivity index (χ0n) is 11.2. The first-order chi connectivity index (χ1) is 9.42. The molecule has 5 aliphatic carbocycles. The minimum absolute atomic E-state index is 0.940. The van der Waals surface area contributed by atoms with Crippen LogP contribution >= 0.6 is 0 Å². The van der Waals surface area contributed by atoms with Gasteiger partial charge in [-0.1, -0.05) is 36.4 Å². The van der Waals surface area contributed by atoms with Gasteiger partial charge in [0.15, 0.2) is 0 Å². The Morgan fingerprint density at radius 3 is 2.47 bits per heavy atom. The lowest BCUT2D eigenvalue weighted by Crippen LogP contribution is -2.34. The van der Waals surface area contributed by atoms with Crippen molar-refractivity contribution in [2.45, 2.75) is 25.2 Å². The molecule has 4 bridgehead atoms. The number of hydrogen-bond acceptors (Lipinski definition) is 0. The zero-order chi connectivity index (χ0) is 12.1. The number of fused-ring (bicyclic) bond motifs is 14. The molecule has 0 saturated heterocycles. The van der Waals surface area contributed by atoms with Crippen LogP contribution < -0.4 is 0 Å². The minimum atomic E-state index is 0.940. The van der Waals surface area contributed by atoms with Crippen LogP contribution in [-0.2, 0) is 6.42 Å². The van der Waals surface area contributed by atoms with E-state index in [-0.39, 0.29) is 0 Å². The predicted octanol–water partition coefficient (Wildman–Crippen LogP) is 4.03. The van der Waals surface area contributed by atoms with Gasteiger partial charge in [0.1, 0.15) is 0 Å². The lowest BCUT2D eigenvalue weighted by atomic mass is 9.65. The van der Waals surface area contributed by atoms with Gasteiger partial charge < -0.3 is 0 Å². The van der Waals surface area contributed by atoms with Crippen LogP contribution in [-0.4, -0.2) is 0 Å². The van der Waals surface area contributed by atoms with Crippen molar-refractivity contribution in [3.05, 3.63) is 47.5 Å². The second-order valence-corrected chi connectivity index (χ2v) is 7.76. The highest BCUT2D eigenvalue weighted by Gasteiger charge is 2.65. The van der Waals surface area contributed by atoms with Crippen molar-refractivity contribution in [2.75, 3.05) is 0 Å². The molecule has 0 heterocycles. The summed E-state index contributed by atoms with van der Waals surface area (Å²) in [4.78, 5) is 0. The van der Waals surface area contributed by atoms with Crippen LogP contribution in [0.5, 0.6) is 0 Å². The molecular formula is C19H20. The van der Waals surface area contributed by atoms with Crippen molar-refractivity contribution in [2.24, 2.45) is 41.4 Å². The average Bonchev–Trinajstić information content (AvgIpc) is 3.20. The summed E-state index contributed by atoms with van der Waals surface area (Å²) in [5.41, 5.74) is 3.43. The summed E-state index contributed by atoms with van der Waals surface area (Å²) in [5.74, 6) is 8.11. The van der Waals surface area contributed by atoms with E-state index in [9.17, 15) is 0 Å². The fourth-order valence-corrected chi connectivity index (χ4v) is 7.20.